The summed E-state index contributed by atoms with van der Waals surface area (Å²) in [7, 11) is 1.60. The molecule has 3 N–H and O–H groups in total. The molecule has 0 atom stereocenters. The second-order valence-electron chi connectivity index (χ2n) is 6.76. The number of halogens is 3. The van der Waals surface area contributed by atoms with Gasteiger partial charge < -0.3 is 20.7 Å². The van der Waals surface area contributed by atoms with Crippen molar-refractivity contribution in [3.8, 4) is 5.75 Å². The van der Waals surface area contributed by atoms with E-state index >= 15 is 0 Å². The lowest BCUT2D eigenvalue weighted by atomic mass is 10.1. The van der Waals surface area contributed by atoms with Gasteiger partial charge in [0.2, 0.25) is 0 Å². The van der Waals surface area contributed by atoms with Crippen LogP contribution in [0.3, 0.4) is 0 Å². The Bertz CT molecular complexity index is 789. The zero-order valence-corrected chi connectivity index (χ0v) is 15.8. The van der Waals surface area contributed by atoms with Crippen LogP contribution in [0.4, 0.5) is 30.2 Å². The molecule has 1 aliphatic heterocycles. The lowest BCUT2D eigenvalue weighted by Gasteiger charge is -2.36. The number of nitrogens with zero attached hydrogens (tertiary/aromatic N) is 2. The molecule has 0 spiro atoms. The maximum atomic E-state index is 12.9. The topological polar surface area (TPSA) is 53.8 Å². The van der Waals surface area contributed by atoms with Gasteiger partial charge in [-0.25, -0.2) is 0 Å². The highest BCUT2D eigenvalue weighted by Crippen LogP contribution is 2.32. The molecule has 152 valence electrons. The molecule has 5 nitrogen and oxygen atoms in total. The van der Waals surface area contributed by atoms with Crippen LogP contribution in [0, 0.1) is 0 Å². The molecule has 2 aromatic carbocycles. The molecule has 0 unspecified atom stereocenters. The van der Waals surface area contributed by atoms with E-state index in [0.717, 1.165) is 37.9 Å². The molecule has 2 aromatic rings. The maximum Gasteiger partial charge on any atom is 0.416 e. The van der Waals surface area contributed by atoms with Crippen LogP contribution in [0.25, 0.3) is 0 Å². The summed E-state index contributed by atoms with van der Waals surface area (Å²) in [4.78, 5) is 4.29. The third-order valence-electron chi connectivity index (χ3n) is 4.91. The van der Waals surface area contributed by atoms with Crippen LogP contribution in [0.2, 0.25) is 0 Å². The SMILES string of the molecule is COc1ccc(NCCN2CCN(c3cccc(C(F)(F)F)c3)CC2)c(N)c1. The molecule has 0 aromatic heterocycles. The zero-order valence-electron chi connectivity index (χ0n) is 15.8. The van der Waals surface area contributed by atoms with Gasteiger partial charge in [-0.15, -0.1) is 0 Å². The fraction of sp³-hybridized carbons (Fsp3) is 0.400. The average molecular weight is 394 g/mol. The fourth-order valence-electron chi connectivity index (χ4n) is 3.29. The van der Waals surface area contributed by atoms with Gasteiger partial charge in [0, 0.05) is 51.0 Å². The van der Waals surface area contributed by atoms with Crippen LogP contribution < -0.4 is 20.7 Å². The van der Waals surface area contributed by atoms with Crippen LogP contribution in [0.1, 0.15) is 5.56 Å². The van der Waals surface area contributed by atoms with Crippen molar-refractivity contribution in [3.05, 3.63) is 48.0 Å². The van der Waals surface area contributed by atoms with Crippen molar-refractivity contribution in [3.63, 3.8) is 0 Å². The highest BCUT2D eigenvalue weighted by atomic mass is 19.4. The van der Waals surface area contributed by atoms with E-state index in [4.69, 9.17) is 10.5 Å². The van der Waals surface area contributed by atoms with Gasteiger partial charge in [-0.3, -0.25) is 4.90 Å². The third kappa shape index (κ3) is 5.01. The molecule has 1 fully saturated rings. The van der Waals surface area contributed by atoms with Crippen molar-refractivity contribution in [2.75, 3.05) is 62.3 Å². The van der Waals surface area contributed by atoms with Gasteiger partial charge in [-0.2, -0.15) is 13.2 Å². The summed E-state index contributed by atoms with van der Waals surface area (Å²) in [6.07, 6.45) is -4.31. The van der Waals surface area contributed by atoms with Crippen molar-refractivity contribution in [1.29, 1.82) is 0 Å². The fourth-order valence-corrected chi connectivity index (χ4v) is 3.29. The van der Waals surface area contributed by atoms with Crippen LogP contribution in [-0.2, 0) is 6.18 Å². The number of ether oxygens (including phenoxy) is 1. The number of hydrogen-bond acceptors (Lipinski definition) is 5. The first-order valence-electron chi connectivity index (χ1n) is 9.19. The molecule has 0 saturated carbocycles. The van der Waals surface area contributed by atoms with Gasteiger partial charge in [-0.1, -0.05) is 6.07 Å². The molecule has 0 amide bonds. The van der Waals surface area contributed by atoms with Gasteiger partial charge in [0.05, 0.1) is 24.0 Å². The lowest BCUT2D eigenvalue weighted by molar-refractivity contribution is -0.137. The number of rotatable bonds is 6. The molecule has 0 radical (unpaired) electrons. The Hall–Kier alpha value is -2.61. The van der Waals surface area contributed by atoms with E-state index in [0.29, 0.717) is 30.2 Å². The van der Waals surface area contributed by atoms with Crippen molar-refractivity contribution in [2.24, 2.45) is 0 Å². The third-order valence-corrected chi connectivity index (χ3v) is 4.91. The summed E-state index contributed by atoms with van der Waals surface area (Å²) in [5, 5.41) is 3.32. The van der Waals surface area contributed by atoms with Crippen molar-refractivity contribution in [2.45, 2.75) is 6.18 Å². The summed E-state index contributed by atoms with van der Waals surface area (Å²) < 4.78 is 43.8. The molecular weight excluding hydrogens is 369 g/mol. The van der Waals surface area contributed by atoms with E-state index in [1.54, 1.807) is 19.2 Å². The number of nitrogens with two attached hydrogens (primary N) is 1. The summed E-state index contributed by atoms with van der Waals surface area (Å²) in [5.74, 6) is 0.716. The summed E-state index contributed by atoms with van der Waals surface area (Å²) in [5.41, 5.74) is 7.52. The van der Waals surface area contributed by atoms with E-state index in [-0.39, 0.29) is 0 Å². The Morgan fingerprint density at radius 1 is 1.07 bits per heavy atom. The number of nitrogens with one attached hydrogen (secondary N) is 1. The Labute approximate surface area is 162 Å². The number of hydrogen-bond donors (Lipinski definition) is 2. The second-order valence-corrected chi connectivity index (χ2v) is 6.76. The Kier molecular flexibility index (Phi) is 6.18. The van der Waals surface area contributed by atoms with E-state index < -0.39 is 11.7 Å². The summed E-state index contributed by atoms with van der Waals surface area (Å²) >= 11 is 0. The molecule has 3 rings (SSSR count). The number of alkyl halides is 3. The first-order valence-corrected chi connectivity index (χ1v) is 9.19. The molecule has 1 heterocycles. The molecule has 0 bridgehead atoms. The van der Waals surface area contributed by atoms with Crippen molar-refractivity contribution in [1.82, 2.24) is 4.90 Å². The van der Waals surface area contributed by atoms with Gasteiger partial charge >= 0.3 is 6.18 Å². The van der Waals surface area contributed by atoms with Gasteiger partial charge in [0.1, 0.15) is 5.75 Å². The van der Waals surface area contributed by atoms with Gasteiger partial charge in [0.15, 0.2) is 0 Å². The van der Waals surface area contributed by atoms with E-state index in [1.807, 2.05) is 17.0 Å². The minimum Gasteiger partial charge on any atom is -0.497 e. The largest absolute Gasteiger partial charge is 0.497 e. The standard InChI is InChI=1S/C20H25F3N4O/c1-28-17-5-6-19(18(24)14-17)25-7-8-26-9-11-27(12-10-26)16-4-2-3-15(13-16)20(21,22)23/h2-6,13-14,25H,7-12,24H2,1H3. The Balaban J connectivity index is 1.47. The molecule has 1 aliphatic rings. The van der Waals surface area contributed by atoms with Crippen LogP contribution in [-0.4, -0.2) is 51.3 Å². The van der Waals surface area contributed by atoms with Crippen LogP contribution >= 0.6 is 0 Å². The number of anilines is 3. The quantitative estimate of drug-likeness (QED) is 0.735. The van der Waals surface area contributed by atoms with Gasteiger partial charge in [-0.05, 0) is 30.3 Å². The minimum atomic E-state index is -4.31. The monoisotopic (exact) mass is 394 g/mol. The van der Waals surface area contributed by atoms with Crippen molar-refractivity contribution < 1.29 is 17.9 Å². The molecule has 1 saturated heterocycles. The number of piperazine rings is 1. The summed E-state index contributed by atoms with van der Waals surface area (Å²) in [6, 6.07) is 11.1. The highest BCUT2D eigenvalue weighted by molar-refractivity contribution is 5.68. The number of benzene rings is 2. The zero-order chi connectivity index (χ0) is 20.1. The van der Waals surface area contributed by atoms with Gasteiger partial charge in [0.25, 0.3) is 0 Å². The van der Waals surface area contributed by atoms with E-state index in [9.17, 15) is 13.2 Å². The Morgan fingerprint density at radius 3 is 2.46 bits per heavy atom. The van der Waals surface area contributed by atoms with E-state index in [2.05, 4.69) is 10.2 Å². The number of methoxy groups -OCH3 is 1. The van der Waals surface area contributed by atoms with Crippen LogP contribution in [0.15, 0.2) is 42.5 Å². The first kappa shape index (κ1) is 20.1. The minimum absolute atomic E-state index is 0.603. The predicted octanol–water partition coefficient (Wildman–Crippen LogP) is 3.53. The average Bonchev–Trinajstić information content (AvgIpc) is 2.69. The molecular formula is C20H25F3N4O. The predicted molar refractivity (Wildman–Crippen MR) is 106 cm³/mol. The van der Waals surface area contributed by atoms with Crippen LogP contribution in [0.5, 0.6) is 5.75 Å². The highest BCUT2D eigenvalue weighted by Gasteiger charge is 2.31. The molecule has 28 heavy (non-hydrogen) atoms. The lowest BCUT2D eigenvalue weighted by Crippen LogP contribution is -2.47. The second kappa shape index (κ2) is 8.60. The smallest absolute Gasteiger partial charge is 0.416 e. The van der Waals surface area contributed by atoms with Crippen molar-refractivity contribution >= 4 is 17.1 Å². The normalized spacial score (nSPS) is 15.5. The number of nitrogen functional groups attached to an aromatic ring is 1. The summed E-state index contributed by atoms with van der Waals surface area (Å²) in [6.45, 7) is 4.58. The molecule has 8 heteroatoms. The molecule has 0 aliphatic carbocycles. The van der Waals surface area contributed by atoms with E-state index in [1.165, 1.54) is 12.1 Å². The Morgan fingerprint density at radius 2 is 1.82 bits per heavy atom. The first-order chi connectivity index (χ1) is 13.4. The maximum absolute atomic E-state index is 12.9.